The molecule has 2 rings (SSSR count). The fraction of sp³-hybridized carbons (Fsp3) is 0.632. The molecule has 1 aliphatic rings. The van der Waals surface area contributed by atoms with E-state index in [-0.39, 0.29) is 11.8 Å². The minimum Gasteiger partial charge on any atom is -0.371 e. The Labute approximate surface area is 271 Å². The fourth-order valence-electron chi connectivity index (χ4n) is 5.04. The first-order valence-electron chi connectivity index (χ1n) is 16.9. The molecule has 0 aromatic carbocycles. The predicted octanol–water partition coefficient (Wildman–Crippen LogP) is 9.40. The number of amides is 1. The lowest BCUT2D eigenvalue weighted by atomic mass is 9.81. The Morgan fingerprint density at radius 1 is 1.05 bits per heavy atom. The van der Waals surface area contributed by atoms with Gasteiger partial charge in [-0.3, -0.25) is 14.8 Å². The van der Waals surface area contributed by atoms with Crippen LogP contribution in [0.15, 0.2) is 58.5 Å². The van der Waals surface area contributed by atoms with Crippen molar-refractivity contribution in [3.8, 4) is 6.07 Å². The lowest BCUT2D eigenvalue weighted by Crippen LogP contribution is -2.49. The van der Waals surface area contributed by atoms with E-state index in [1.165, 1.54) is 23.3 Å². The van der Waals surface area contributed by atoms with Gasteiger partial charge < -0.3 is 9.80 Å². The largest absolute Gasteiger partial charge is 0.371 e. The van der Waals surface area contributed by atoms with E-state index in [0.717, 1.165) is 63.3 Å². The highest BCUT2D eigenvalue weighted by molar-refractivity contribution is 6.03. The molecule has 2 atom stereocenters. The summed E-state index contributed by atoms with van der Waals surface area (Å²) in [5.41, 5.74) is 6.71. The van der Waals surface area contributed by atoms with Crippen LogP contribution < -0.4 is 0 Å². The maximum Gasteiger partial charge on any atom is 0.225 e. The summed E-state index contributed by atoms with van der Waals surface area (Å²) >= 11 is 0. The lowest BCUT2D eigenvalue weighted by Gasteiger charge is -2.39. The van der Waals surface area contributed by atoms with Gasteiger partial charge in [0.2, 0.25) is 5.91 Å². The van der Waals surface area contributed by atoms with Gasteiger partial charge in [-0.1, -0.05) is 93.7 Å². The van der Waals surface area contributed by atoms with E-state index in [1.807, 2.05) is 31.0 Å². The molecule has 1 amide bonds. The van der Waals surface area contributed by atoms with Gasteiger partial charge in [-0.15, -0.1) is 0 Å². The van der Waals surface area contributed by atoms with Crippen molar-refractivity contribution in [2.24, 2.45) is 22.7 Å². The molecule has 246 valence electrons. The van der Waals surface area contributed by atoms with Gasteiger partial charge in [0.1, 0.15) is 0 Å². The molecule has 0 bridgehead atoms. The Hall–Kier alpha value is -3.20. The van der Waals surface area contributed by atoms with Crippen LogP contribution in [0.4, 0.5) is 0 Å². The van der Waals surface area contributed by atoms with Crippen LogP contribution in [-0.4, -0.2) is 52.6 Å². The number of aliphatic imine (C=N–C) groups is 1. The summed E-state index contributed by atoms with van der Waals surface area (Å²) < 4.78 is 0. The maximum absolute atomic E-state index is 12.4. The fourth-order valence-corrected chi connectivity index (χ4v) is 5.04. The average Bonchev–Trinajstić information content (AvgIpc) is 3.03. The van der Waals surface area contributed by atoms with Gasteiger partial charge in [0.25, 0.3) is 0 Å². The topological polar surface area (TPSA) is 72.6 Å². The molecule has 1 aliphatic heterocycles. The van der Waals surface area contributed by atoms with Gasteiger partial charge in [0.05, 0.1) is 11.6 Å². The molecule has 0 saturated carbocycles. The zero-order valence-corrected chi connectivity index (χ0v) is 30.2. The van der Waals surface area contributed by atoms with Gasteiger partial charge in [-0.25, -0.2) is 0 Å². The number of carbonyl (C=O) groups excluding carboxylic acids is 1. The quantitative estimate of drug-likeness (QED) is 0.186. The molecule has 0 radical (unpaired) electrons. The summed E-state index contributed by atoms with van der Waals surface area (Å²) in [5.74, 6) is 1.40. The molecule has 0 spiro atoms. The molecule has 1 fully saturated rings. The summed E-state index contributed by atoms with van der Waals surface area (Å²) in [6, 6.07) is 5.64. The Balaban J connectivity index is 0.00000109. The van der Waals surface area contributed by atoms with Gasteiger partial charge in [-0.2, -0.15) is 5.26 Å². The Morgan fingerprint density at radius 2 is 1.64 bits per heavy atom. The minimum absolute atomic E-state index is 0.0643. The number of hydrogen-bond acceptors (Lipinski definition) is 5. The summed E-state index contributed by atoms with van der Waals surface area (Å²) in [4.78, 5) is 25.7. The van der Waals surface area contributed by atoms with Crippen LogP contribution in [0.1, 0.15) is 120 Å². The van der Waals surface area contributed by atoms with Crippen LogP contribution in [0.5, 0.6) is 0 Å². The van der Waals surface area contributed by atoms with E-state index in [4.69, 9.17) is 10.3 Å². The van der Waals surface area contributed by atoms with Crippen LogP contribution in [0.2, 0.25) is 0 Å². The monoisotopic (exact) mass is 606 g/mol. The number of aryl methyl sites for hydroxylation is 1. The molecule has 1 aromatic rings. The molecule has 6 nitrogen and oxygen atoms in total. The van der Waals surface area contributed by atoms with Crippen molar-refractivity contribution in [2.75, 3.05) is 26.2 Å². The van der Waals surface area contributed by atoms with Crippen molar-refractivity contribution >= 4 is 11.6 Å². The van der Waals surface area contributed by atoms with Gasteiger partial charge in [0.15, 0.2) is 0 Å². The molecule has 6 heteroatoms. The van der Waals surface area contributed by atoms with Crippen molar-refractivity contribution in [1.29, 1.82) is 5.26 Å². The first-order valence-corrected chi connectivity index (χ1v) is 16.9. The molecular formula is C38H63N5O. The van der Waals surface area contributed by atoms with Gasteiger partial charge >= 0.3 is 0 Å². The van der Waals surface area contributed by atoms with Crippen LogP contribution in [0.3, 0.4) is 0 Å². The van der Waals surface area contributed by atoms with Crippen molar-refractivity contribution in [1.82, 2.24) is 14.8 Å². The first-order chi connectivity index (χ1) is 21.0. The number of aromatic nitrogens is 1. The highest BCUT2D eigenvalue weighted by Crippen LogP contribution is 2.32. The SMILES string of the molecule is CCC.CCCc1cc(C#N)ccn1.C\C=C(C(/C(C)=N/C=C/CC)=C(/C)N1CCN(C(=O)C(C)C)CC1)\C(C)C(C)CC. The number of nitrogens with zero attached hydrogens (tertiary/aromatic N) is 5. The molecule has 44 heavy (non-hydrogen) atoms. The second-order valence-corrected chi connectivity index (χ2v) is 12.0. The second kappa shape index (κ2) is 23.2. The summed E-state index contributed by atoms with van der Waals surface area (Å²) in [7, 11) is 0. The Bertz CT molecular complexity index is 1130. The molecular weight excluding hydrogens is 542 g/mol. The third kappa shape index (κ3) is 14.1. The van der Waals surface area contributed by atoms with Crippen LogP contribution in [0.25, 0.3) is 0 Å². The van der Waals surface area contributed by atoms with Crippen molar-refractivity contribution < 1.29 is 4.79 Å². The smallest absolute Gasteiger partial charge is 0.225 e. The lowest BCUT2D eigenvalue weighted by molar-refractivity contribution is -0.135. The Kier molecular flexibility index (Phi) is 21.5. The minimum atomic E-state index is 0.0643. The zero-order valence-electron chi connectivity index (χ0n) is 30.2. The van der Waals surface area contributed by atoms with Crippen molar-refractivity contribution in [2.45, 2.75) is 115 Å². The van der Waals surface area contributed by atoms with Crippen molar-refractivity contribution in [3.05, 3.63) is 64.8 Å². The average molecular weight is 606 g/mol. The number of piperazine rings is 1. The summed E-state index contributed by atoms with van der Waals surface area (Å²) in [6.45, 7) is 29.2. The number of pyridine rings is 1. The number of allylic oxidation sites excluding steroid dienone is 5. The predicted molar refractivity (Wildman–Crippen MR) is 190 cm³/mol. The first kappa shape index (κ1) is 40.8. The third-order valence-electron chi connectivity index (χ3n) is 7.93. The van der Waals surface area contributed by atoms with Crippen LogP contribution >= 0.6 is 0 Å². The van der Waals surface area contributed by atoms with E-state index < -0.39 is 0 Å². The number of rotatable bonds is 11. The van der Waals surface area contributed by atoms with Crippen molar-refractivity contribution in [3.63, 3.8) is 0 Å². The van der Waals surface area contributed by atoms with Crippen LogP contribution in [0, 0.1) is 29.1 Å². The number of hydrogen-bond donors (Lipinski definition) is 0. The molecule has 0 aliphatic carbocycles. The van der Waals surface area contributed by atoms with Gasteiger partial charge in [-0.05, 0) is 63.2 Å². The highest BCUT2D eigenvalue weighted by Gasteiger charge is 2.27. The van der Waals surface area contributed by atoms with E-state index in [2.05, 4.69) is 97.3 Å². The molecule has 2 unspecified atom stereocenters. The van der Waals surface area contributed by atoms with E-state index in [1.54, 1.807) is 12.3 Å². The van der Waals surface area contributed by atoms with E-state index in [0.29, 0.717) is 17.4 Å². The normalized spacial score (nSPS) is 15.9. The third-order valence-corrected chi connectivity index (χ3v) is 7.93. The maximum atomic E-state index is 12.4. The second-order valence-electron chi connectivity index (χ2n) is 12.0. The van der Waals surface area contributed by atoms with Gasteiger partial charge in [0, 0.05) is 67.2 Å². The summed E-state index contributed by atoms with van der Waals surface area (Å²) in [5, 5.41) is 8.55. The highest BCUT2D eigenvalue weighted by atomic mass is 16.2. The molecule has 1 saturated heterocycles. The standard InChI is InChI=1S/C26H45N3O.C9H10N2.C3H8/c1-10-13-14-27-22(8)25(24(12-3)21(7)20(6)11-2)23(9)28-15-17-29(18-16-28)26(30)19(4)5;1-2-3-9-6-8(7-10)4-5-11-9;1-3-2/h12-14,19-21H,10-11,15-18H2,1-9H3;4-6H,2-3H2,1H3;3H2,1-2H3/b14-13+,24-12-,25-23-,27-22+;;. The van der Waals surface area contributed by atoms with E-state index >= 15 is 0 Å². The summed E-state index contributed by atoms with van der Waals surface area (Å²) in [6.07, 6.45) is 13.4. The molecule has 1 aromatic heterocycles. The zero-order chi connectivity index (χ0) is 33.7. The Morgan fingerprint density at radius 3 is 2.11 bits per heavy atom. The number of carbonyl (C=O) groups is 1. The molecule has 0 N–H and O–H groups in total. The molecule has 2 heterocycles. The van der Waals surface area contributed by atoms with E-state index in [9.17, 15) is 4.79 Å². The number of nitriles is 1. The van der Waals surface area contributed by atoms with Crippen LogP contribution in [-0.2, 0) is 11.2 Å².